The Morgan fingerprint density at radius 1 is 1.19 bits per heavy atom. The summed E-state index contributed by atoms with van der Waals surface area (Å²) in [6.45, 7) is 3.91. The molecule has 1 aromatic carbocycles. The van der Waals surface area contributed by atoms with Gasteiger partial charge in [-0.1, -0.05) is 0 Å². The minimum Gasteiger partial charge on any atom is -0.497 e. The maximum Gasteiger partial charge on any atom is 0.434 e. The number of rotatable bonds is 8. The van der Waals surface area contributed by atoms with Gasteiger partial charge in [0.1, 0.15) is 12.4 Å². The Morgan fingerprint density at radius 2 is 1.91 bits per heavy atom. The first-order chi connectivity index (χ1) is 15.2. The first kappa shape index (κ1) is 23.0. The molecule has 170 valence electrons. The van der Waals surface area contributed by atoms with Gasteiger partial charge in [-0.3, -0.25) is 4.79 Å². The SMILES string of the molecule is CCN(C(=O)c1cc(OC)ccc1-n1nccn1)C(C)COc1cnc(C(F)(F)F)cn1. The minimum absolute atomic E-state index is 0.00105. The predicted molar refractivity (Wildman–Crippen MR) is 107 cm³/mol. The molecule has 12 heteroatoms. The second kappa shape index (κ2) is 9.62. The molecular weight excluding hydrogens is 429 g/mol. The van der Waals surface area contributed by atoms with Crippen LogP contribution in [0, 0.1) is 0 Å². The third kappa shape index (κ3) is 5.13. The molecule has 32 heavy (non-hydrogen) atoms. The number of hydrogen-bond acceptors (Lipinski definition) is 7. The molecule has 0 saturated heterocycles. The van der Waals surface area contributed by atoms with Gasteiger partial charge >= 0.3 is 6.18 Å². The highest BCUT2D eigenvalue weighted by molar-refractivity contribution is 5.98. The van der Waals surface area contributed by atoms with Crippen LogP contribution in [0.3, 0.4) is 0 Å². The Balaban J connectivity index is 1.77. The standard InChI is InChI=1S/C20H21F3N6O3/c1-4-28(13(2)12-32-18-11-24-17(10-25-18)20(21,22)23)19(30)15-9-14(31-3)5-6-16(15)29-26-7-8-27-29/h5-11,13H,4,12H2,1-3H3. The van der Waals surface area contributed by atoms with E-state index in [2.05, 4.69) is 20.2 Å². The van der Waals surface area contributed by atoms with Crippen LogP contribution >= 0.6 is 0 Å². The van der Waals surface area contributed by atoms with Crippen molar-refractivity contribution in [2.75, 3.05) is 20.3 Å². The van der Waals surface area contributed by atoms with Gasteiger partial charge in [0.25, 0.3) is 5.91 Å². The molecule has 1 amide bonds. The Kier molecular flexibility index (Phi) is 6.91. The van der Waals surface area contributed by atoms with Crippen molar-refractivity contribution in [2.45, 2.75) is 26.1 Å². The van der Waals surface area contributed by atoms with Gasteiger partial charge in [-0.25, -0.2) is 9.97 Å². The number of methoxy groups -OCH3 is 1. The van der Waals surface area contributed by atoms with Gasteiger partial charge in [-0.15, -0.1) is 0 Å². The van der Waals surface area contributed by atoms with E-state index in [1.807, 2.05) is 0 Å². The van der Waals surface area contributed by atoms with E-state index in [0.29, 0.717) is 29.7 Å². The second-order valence-corrected chi connectivity index (χ2v) is 6.69. The number of hydrogen-bond donors (Lipinski definition) is 0. The van der Waals surface area contributed by atoms with Crippen molar-refractivity contribution >= 4 is 5.91 Å². The van der Waals surface area contributed by atoms with Gasteiger partial charge in [0.15, 0.2) is 5.69 Å². The molecule has 0 N–H and O–H groups in total. The summed E-state index contributed by atoms with van der Waals surface area (Å²) < 4.78 is 48.6. The molecule has 3 rings (SSSR count). The predicted octanol–water partition coefficient (Wildman–Crippen LogP) is 3.01. The molecule has 0 bridgehead atoms. The van der Waals surface area contributed by atoms with E-state index in [4.69, 9.17) is 9.47 Å². The lowest BCUT2D eigenvalue weighted by atomic mass is 10.1. The van der Waals surface area contributed by atoms with E-state index < -0.39 is 17.9 Å². The molecular formula is C20H21F3N6O3. The molecule has 0 aliphatic carbocycles. The van der Waals surface area contributed by atoms with Gasteiger partial charge in [0, 0.05) is 6.54 Å². The maximum atomic E-state index is 13.4. The zero-order chi connectivity index (χ0) is 23.3. The summed E-state index contributed by atoms with van der Waals surface area (Å²) in [5.41, 5.74) is -0.314. The quantitative estimate of drug-likeness (QED) is 0.521. The van der Waals surface area contributed by atoms with Crippen LogP contribution in [0.15, 0.2) is 43.0 Å². The van der Waals surface area contributed by atoms with Crippen molar-refractivity contribution in [3.05, 3.63) is 54.2 Å². The number of amides is 1. The molecule has 0 saturated carbocycles. The van der Waals surface area contributed by atoms with E-state index in [-0.39, 0.29) is 18.4 Å². The average molecular weight is 450 g/mol. The smallest absolute Gasteiger partial charge is 0.434 e. The normalized spacial score (nSPS) is 12.3. The number of aromatic nitrogens is 5. The number of carbonyl (C=O) groups excluding carboxylic acids is 1. The molecule has 1 atom stereocenters. The monoisotopic (exact) mass is 450 g/mol. The van der Waals surface area contributed by atoms with Crippen LogP contribution in [-0.4, -0.2) is 62.1 Å². The largest absolute Gasteiger partial charge is 0.497 e. The highest BCUT2D eigenvalue weighted by Crippen LogP contribution is 2.27. The first-order valence-corrected chi connectivity index (χ1v) is 9.62. The van der Waals surface area contributed by atoms with Crippen molar-refractivity contribution in [3.8, 4) is 17.3 Å². The third-order valence-corrected chi connectivity index (χ3v) is 4.59. The summed E-state index contributed by atoms with van der Waals surface area (Å²) in [5.74, 6) is 0.105. The Morgan fingerprint density at radius 3 is 2.47 bits per heavy atom. The number of nitrogens with zero attached hydrogens (tertiary/aromatic N) is 6. The molecule has 0 fully saturated rings. The molecule has 0 aliphatic heterocycles. The lowest BCUT2D eigenvalue weighted by molar-refractivity contribution is -0.141. The summed E-state index contributed by atoms with van der Waals surface area (Å²) in [4.78, 5) is 23.2. The highest BCUT2D eigenvalue weighted by Gasteiger charge is 2.33. The fourth-order valence-corrected chi connectivity index (χ4v) is 2.97. The molecule has 3 aromatic rings. The van der Waals surface area contributed by atoms with Crippen LogP contribution in [0.1, 0.15) is 29.9 Å². The molecule has 2 aromatic heterocycles. The zero-order valence-corrected chi connectivity index (χ0v) is 17.6. The van der Waals surface area contributed by atoms with Gasteiger partial charge in [0.2, 0.25) is 5.88 Å². The number of alkyl halides is 3. The molecule has 1 unspecified atom stereocenters. The molecule has 0 radical (unpaired) electrons. The third-order valence-electron chi connectivity index (χ3n) is 4.59. The summed E-state index contributed by atoms with van der Waals surface area (Å²) in [6.07, 6.45) is -0.0864. The van der Waals surface area contributed by atoms with Crippen molar-refractivity contribution < 1.29 is 27.4 Å². The van der Waals surface area contributed by atoms with Crippen LogP contribution in [0.5, 0.6) is 11.6 Å². The fraction of sp³-hybridized carbons (Fsp3) is 0.350. The topological polar surface area (TPSA) is 95.3 Å². The molecule has 2 heterocycles. The number of likely N-dealkylation sites (N-methyl/N-ethyl adjacent to an activating group) is 1. The zero-order valence-electron chi connectivity index (χ0n) is 17.6. The average Bonchev–Trinajstić information content (AvgIpc) is 3.32. The van der Waals surface area contributed by atoms with Gasteiger partial charge in [-0.2, -0.15) is 28.2 Å². The summed E-state index contributed by atoms with van der Waals surface area (Å²) in [7, 11) is 1.49. The summed E-state index contributed by atoms with van der Waals surface area (Å²) in [5, 5.41) is 8.18. The second-order valence-electron chi connectivity index (χ2n) is 6.69. The lowest BCUT2D eigenvalue weighted by Gasteiger charge is -2.28. The molecule has 0 aliphatic rings. The van der Waals surface area contributed by atoms with Crippen molar-refractivity contribution in [2.24, 2.45) is 0 Å². The van der Waals surface area contributed by atoms with Gasteiger partial charge in [-0.05, 0) is 32.0 Å². The van der Waals surface area contributed by atoms with Gasteiger partial charge in [0.05, 0.1) is 49.2 Å². The van der Waals surface area contributed by atoms with E-state index in [1.54, 1.807) is 36.9 Å². The number of halogens is 3. The van der Waals surface area contributed by atoms with Gasteiger partial charge < -0.3 is 14.4 Å². The van der Waals surface area contributed by atoms with E-state index in [1.165, 1.54) is 24.3 Å². The van der Waals surface area contributed by atoms with Crippen LogP contribution in [0.25, 0.3) is 5.69 Å². The van der Waals surface area contributed by atoms with E-state index in [0.717, 1.165) is 6.20 Å². The Hall–Kier alpha value is -3.70. The Bertz CT molecular complexity index is 1040. The number of carbonyl (C=O) groups is 1. The minimum atomic E-state index is -4.58. The van der Waals surface area contributed by atoms with Crippen molar-refractivity contribution in [1.29, 1.82) is 0 Å². The van der Waals surface area contributed by atoms with Crippen LogP contribution in [0.4, 0.5) is 13.2 Å². The first-order valence-electron chi connectivity index (χ1n) is 9.62. The van der Waals surface area contributed by atoms with Crippen molar-refractivity contribution in [3.63, 3.8) is 0 Å². The maximum absolute atomic E-state index is 13.4. The lowest BCUT2D eigenvalue weighted by Crippen LogP contribution is -2.42. The van der Waals surface area contributed by atoms with E-state index >= 15 is 0 Å². The molecule has 9 nitrogen and oxygen atoms in total. The number of ether oxygens (including phenoxy) is 2. The summed E-state index contributed by atoms with van der Waals surface area (Å²) in [6, 6.07) is 4.54. The van der Waals surface area contributed by atoms with Crippen LogP contribution in [-0.2, 0) is 6.18 Å². The highest BCUT2D eigenvalue weighted by atomic mass is 19.4. The fourth-order valence-electron chi connectivity index (χ4n) is 2.97. The van der Waals surface area contributed by atoms with Crippen LogP contribution < -0.4 is 9.47 Å². The molecule has 0 spiro atoms. The Labute approximate surface area is 181 Å². The van der Waals surface area contributed by atoms with Crippen molar-refractivity contribution in [1.82, 2.24) is 29.9 Å². The number of benzene rings is 1. The summed E-state index contributed by atoms with van der Waals surface area (Å²) >= 11 is 0. The van der Waals surface area contributed by atoms with E-state index in [9.17, 15) is 18.0 Å². The van der Waals surface area contributed by atoms with Crippen LogP contribution in [0.2, 0.25) is 0 Å².